The number of rotatable bonds is 5. The minimum atomic E-state index is -0.310. The number of benzene rings is 3. The van der Waals surface area contributed by atoms with Crippen molar-refractivity contribution in [2.75, 3.05) is 5.32 Å². The van der Waals surface area contributed by atoms with Crippen LogP contribution in [0, 0.1) is 6.92 Å². The molecule has 1 amide bonds. The van der Waals surface area contributed by atoms with Crippen molar-refractivity contribution in [3.8, 4) is 5.75 Å². The third-order valence-corrected chi connectivity index (χ3v) is 4.50. The lowest BCUT2D eigenvalue weighted by Gasteiger charge is -2.13. The van der Waals surface area contributed by atoms with Gasteiger partial charge in [-0.05, 0) is 48.4 Å². The third kappa shape index (κ3) is 4.57. The van der Waals surface area contributed by atoms with Gasteiger partial charge in [0.15, 0.2) is 0 Å². The van der Waals surface area contributed by atoms with Crippen LogP contribution in [0.25, 0.3) is 0 Å². The molecule has 3 rings (SSSR count). The van der Waals surface area contributed by atoms with E-state index in [2.05, 4.69) is 5.32 Å². The van der Waals surface area contributed by atoms with Crippen molar-refractivity contribution in [3.05, 3.63) is 93.5 Å². The van der Waals surface area contributed by atoms with Crippen LogP contribution in [0.3, 0.4) is 0 Å². The summed E-state index contributed by atoms with van der Waals surface area (Å²) in [6.07, 6.45) is 0. The van der Waals surface area contributed by atoms with Gasteiger partial charge in [0, 0.05) is 15.7 Å². The second kappa shape index (κ2) is 8.26. The normalized spacial score (nSPS) is 10.4. The maximum atomic E-state index is 12.7. The fraction of sp³-hybridized carbons (Fsp3) is 0.0952. The van der Waals surface area contributed by atoms with Gasteiger partial charge in [0.05, 0.1) is 5.56 Å². The van der Waals surface area contributed by atoms with Gasteiger partial charge in [0.1, 0.15) is 12.4 Å². The Labute approximate surface area is 162 Å². The van der Waals surface area contributed by atoms with Gasteiger partial charge < -0.3 is 10.1 Å². The van der Waals surface area contributed by atoms with Crippen molar-refractivity contribution in [2.24, 2.45) is 0 Å². The minimum absolute atomic E-state index is 0.310. The smallest absolute Gasteiger partial charge is 0.259 e. The average Bonchev–Trinajstić information content (AvgIpc) is 2.64. The molecule has 0 unspecified atom stereocenters. The van der Waals surface area contributed by atoms with Gasteiger partial charge in [-0.15, -0.1) is 0 Å². The van der Waals surface area contributed by atoms with Crippen molar-refractivity contribution in [1.29, 1.82) is 0 Å². The number of carbonyl (C=O) groups is 1. The van der Waals surface area contributed by atoms with Crippen LogP contribution in [0.15, 0.2) is 66.7 Å². The van der Waals surface area contributed by atoms with Crippen LogP contribution in [0.1, 0.15) is 21.5 Å². The zero-order valence-corrected chi connectivity index (χ0v) is 15.6. The van der Waals surface area contributed by atoms with E-state index in [1.54, 1.807) is 30.3 Å². The Kier molecular flexibility index (Phi) is 5.82. The molecule has 3 nitrogen and oxygen atoms in total. The number of amides is 1. The fourth-order valence-corrected chi connectivity index (χ4v) is 2.76. The molecule has 0 fully saturated rings. The molecule has 0 aliphatic heterocycles. The van der Waals surface area contributed by atoms with E-state index in [1.165, 1.54) is 0 Å². The summed E-state index contributed by atoms with van der Waals surface area (Å²) in [5, 5.41) is 3.88. The van der Waals surface area contributed by atoms with Gasteiger partial charge in [0.25, 0.3) is 5.91 Å². The second-order valence-electron chi connectivity index (χ2n) is 5.83. The zero-order chi connectivity index (χ0) is 18.5. The molecule has 1 N–H and O–H groups in total. The molecular weight excluding hydrogens is 369 g/mol. The van der Waals surface area contributed by atoms with Crippen LogP contribution in [-0.4, -0.2) is 5.91 Å². The molecule has 0 aliphatic carbocycles. The molecule has 0 radical (unpaired) electrons. The number of ether oxygens (including phenoxy) is 1. The number of aryl methyl sites for hydroxylation is 1. The van der Waals surface area contributed by atoms with Crippen molar-refractivity contribution in [1.82, 2.24) is 0 Å². The summed E-state index contributed by atoms with van der Waals surface area (Å²) in [7, 11) is 0. The number of carbonyl (C=O) groups excluding carboxylic acids is 1. The van der Waals surface area contributed by atoms with Gasteiger partial charge in [-0.1, -0.05) is 59.6 Å². The van der Waals surface area contributed by atoms with E-state index in [-0.39, 0.29) is 5.91 Å². The molecule has 0 aliphatic rings. The summed E-state index contributed by atoms with van der Waals surface area (Å²) in [4.78, 5) is 12.7. The lowest BCUT2D eigenvalue weighted by atomic mass is 10.1. The Morgan fingerprint density at radius 3 is 2.50 bits per heavy atom. The number of nitrogens with one attached hydrogen (secondary N) is 1. The van der Waals surface area contributed by atoms with E-state index in [4.69, 9.17) is 27.9 Å². The summed E-state index contributed by atoms with van der Waals surface area (Å²) in [6.45, 7) is 2.26. The van der Waals surface area contributed by atoms with E-state index >= 15 is 0 Å². The maximum Gasteiger partial charge on any atom is 0.259 e. The standard InChI is InChI=1S/C21H17Cl2NO2/c1-14-7-9-17(12-19(14)23)24-21(25)18-11-16(22)8-10-20(18)26-13-15-5-3-2-4-6-15/h2-12H,13H2,1H3,(H,24,25). The Balaban J connectivity index is 1.80. The van der Waals surface area contributed by atoms with Crippen molar-refractivity contribution in [2.45, 2.75) is 13.5 Å². The first-order valence-electron chi connectivity index (χ1n) is 8.07. The fourth-order valence-electron chi connectivity index (χ4n) is 2.41. The minimum Gasteiger partial charge on any atom is -0.488 e. The van der Waals surface area contributed by atoms with Gasteiger partial charge in [0.2, 0.25) is 0 Å². The zero-order valence-electron chi connectivity index (χ0n) is 14.1. The molecule has 5 heteroatoms. The molecule has 3 aromatic rings. The topological polar surface area (TPSA) is 38.3 Å². The highest BCUT2D eigenvalue weighted by atomic mass is 35.5. The molecule has 0 aromatic heterocycles. The van der Waals surface area contributed by atoms with Crippen molar-refractivity contribution >= 4 is 34.8 Å². The molecule has 0 bridgehead atoms. The van der Waals surface area contributed by atoms with Gasteiger partial charge in [-0.2, -0.15) is 0 Å². The van der Waals surface area contributed by atoms with E-state index in [1.807, 2.05) is 43.3 Å². The Hall–Kier alpha value is -2.49. The second-order valence-corrected chi connectivity index (χ2v) is 6.68. The molecule has 0 spiro atoms. The van der Waals surface area contributed by atoms with Gasteiger partial charge in [-0.25, -0.2) is 0 Å². The van der Waals surface area contributed by atoms with Crippen LogP contribution in [0.2, 0.25) is 10.0 Å². The summed E-state index contributed by atoms with van der Waals surface area (Å²) in [5.74, 6) is 0.157. The van der Waals surface area contributed by atoms with Crippen LogP contribution in [0.4, 0.5) is 5.69 Å². The number of hydrogen-bond acceptors (Lipinski definition) is 2. The van der Waals surface area contributed by atoms with E-state index in [0.29, 0.717) is 33.7 Å². The maximum absolute atomic E-state index is 12.7. The predicted octanol–water partition coefficient (Wildman–Crippen LogP) is 6.13. The lowest BCUT2D eigenvalue weighted by molar-refractivity contribution is 0.102. The molecule has 132 valence electrons. The third-order valence-electron chi connectivity index (χ3n) is 3.85. The monoisotopic (exact) mass is 385 g/mol. The highest BCUT2D eigenvalue weighted by molar-refractivity contribution is 6.32. The Morgan fingerprint density at radius 2 is 1.77 bits per heavy atom. The Bertz CT molecular complexity index is 927. The molecule has 0 heterocycles. The van der Waals surface area contributed by atoms with Crippen molar-refractivity contribution < 1.29 is 9.53 Å². The first-order valence-corrected chi connectivity index (χ1v) is 8.82. The van der Waals surface area contributed by atoms with E-state index in [9.17, 15) is 4.79 Å². The van der Waals surface area contributed by atoms with Crippen LogP contribution >= 0.6 is 23.2 Å². The lowest BCUT2D eigenvalue weighted by Crippen LogP contribution is -2.14. The van der Waals surface area contributed by atoms with Crippen molar-refractivity contribution in [3.63, 3.8) is 0 Å². The SMILES string of the molecule is Cc1ccc(NC(=O)c2cc(Cl)ccc2OCc2ccccc2)cc1Cl. The number of hydrogen-bond donors (Lipinski definition) is 1. The highest BCUT2D eigenvalue weighted by Gasteiger charge is 2.14. The van der Waals surface area contributed by atoms with Crippen LogP contribution in [0.5, 0.6) is 5.75 Å². The largest absolute Gasteiger partial charge is 0.488 e. The first-order chi connectivity index (χ1) is 12.5. The number of anilines is 1. The first kappa shape index (κ1) is 18.3. The van der Waals surface area contributed by atoms with E-state index < -0.39 is 0 Å². The predicted molar refractivity (Wildman–Crippen MR) is 106 cm³/mol. The number of halogens is 2. The quantitative estimate of drug-likeness (QED) is 0.573. The van der Waals surface area contributed by atoms with Crippen LogP contribution < -0.4 is 10.1 Å². The molecule has 0 atom stereocenters. The molecular formula is C21H17Cl2NO2. The average molecular weight is 386 g/mol. The molecule has 3 aromatic carbocycles. The van der Waals surface area contributed by atoms with Gasteiger partial charge in [-0.3, -0.25) is 4.79 Å². The van der Waals surface area contributed by atoms with Crippen LogP contribution in [-0.2, 0) is 6.61 Å². The Morgan fingerprint density at radius 1 is 1.00 bits per heavy atom. The molecule has 0 saturated heterocycles. The molecule has 26 heavy (non-hydrogen) atoms. The summed E-state index contributed by atoms with van der Waals surface area (Å²) < 4.78 is 5.83. The highest BCUT2D eigenvalue weighted by Crippen LogP contribution is 2.26. The van der Waals surface area contributed by atoms with Gasteiger partial charge >= 0.3 is 0 Å². The summed E-state index contributed by atoms with van der Waals surface area (Å²) >= 11 is 12.2. The van der Waals surface area contributed by atoms with E-state index in [0.717, 1.165) is 11.1 Å². The summed E-state index contributed by atoms with van der Waals surface area (Å²) in [5.41, 5.74) is 2.93. The molecule has 0 saturated carbocycles. The summed E-state index contributed by atoms with van der Waals surface area (Å²) in [6, 6.07) is 20.1.